The van der Waals surface area contributed by atoms with Gasteiger partial charge in [0.1, 0.15) is 17.4 Å². The Balaban J connectivity index is 1.89. The number of hydrogen-bond donors (Lipinski definition) is 1. The second-order valence-corrected chi connectivity index (χ2v) is 6.23. The maximum absolute atomic E-state index is 6.05. The SMILES string of the molecule is CCc1ccc(OCc2ccccc2)c(-c2csc(CN)n2)c1. The first-order valence-corrected chi connectivity index (χ1v) is 8.62. The van der Waals surface area contributed by atoms with Crippen molar-refractivity contribution >= 4 is 11.3 Å². The molecule has 3 rings (SSSR count). The first kappa shape index (κ1) is 15.7. The van der Waals surface area contributed by atoms with Crippen molar-refractivity contribution < 1.29 is 4.74 Å². The largest absolute Gasteiger partial charge is 0.488 e. The summed E-state index contributed by atoms with van der Waals surface area (Å²) in [5, 5.41) is 2.99. The highest BCUT2D eigenvalue weighted by atomic mass is 32.1. The third-order valence-electron chi connectivity index (χ3n) is 3.69. The maximum Gasteiger partial charge on any atom is 0.129 e. The van der Waals surface area contributed by atoms with Gasteiger partial charge in [-0.2, -0.15) is 0 Å². The molecule has 0 saturated carbocycles. The molecule has 0 radical (unpaired) electrons. The first-order chi connectivity index (χ1) is 11.3. The van der Waals surface area contributed by atoms with Gasteiger partial charge in [-0.1, -0.05) is 43.3 Å². The van der Waals surface area contributed by atoms with Crippen LogP contribution < -0.4 is 10.5 Å². The van der Waals surface area contributed by atoms with Gasteiger partial charge >= 0.3 is 0 Å². The zero-order chi connectivity index (χ0) is 16.1. The average molecular weight is 324 g/mol. The standard InChI is InChI=1S/C19H20N2OS/c1-2-14-8-9-18(22-12-15-6-4-3-5-7-15)16(10-14)17-13-23-19(11-20)21-17/h3-10,13H,2,11-12,20H2,1H3. The van der Waals surface area contributed by atoms with Gasteiger partial charge in [-0.05, 0) is 29.7 Å². The van der Waals surface area contributed by atoms with Crippen molar-refractivity contribution in [1.29, 1.82) is 0 Å². The van der Waals surface area contributed by atoms with E-state index in [2.05, 4.69) is 36.2 Å². The van der Waals surface area contributed by atoms with Crippen molar-refractivity contribution in [3.05, 3.63) is 70.0 Å². The Labute approximate surface area is 140 Å². The van der Waals surface area contributed by atoms with Crippen LogP contribution >= 0.6 is 11.3 Å². The normalized spacial score (nSPS) is 10.7. The van der Waals surface area contributed by atoms with E-state index in [9.17, 15) is 0 Å². The number of ether oxygens (including phenoxy) is 1. The molecular formula is C19H20N2OS. The van der Waals surface area contributed by atoms with Crippen LogP contribution in [0.15, 0.2) is 53.9 Å². The lowest BCUT2D eigenvalue weighted by Gasteiger charge is -2.12. The second kappa shape index (κ2) is 7.40. The topological polar surface area (TPSA) is 48.1 Å². The molecule has 1 heterocycles. The molecular weight excluding hydrogens is 304 g/mol. The fourth-order valence-corrected chi connectivity index (χ4v) is 3.06. The summed E-state index contributed by atoms with van der Waals surface area (Å²) in [5.74, 6) is 0.861. The second-order valence-electron chi connectivity index (χ2n) is 5.29. The molecule has 2 aromatic carbocycles. The molecule has 118 valence electrons. The predicted octanol–water partition coefficient (Wildman–Crippen LogP) is 4.41. The Morgan fingerprint density at radius 1 is 1.09 bits per heavy atom. The van der Waals surface area contributed by atoms with E-state index in [1.807, 2.05) is 29.6 Å². The summed E-state index contributed by atoms with van der Waals surface area (Å²) >= 11 is 1.59. The lowest BCUT2D eigenvalue weighted by molar-refractivity contribution is 0.307. The quantitative estimate of drug-likeness (QED) is 0.730. The molecule has 0 bridgehead atoms. The number of nitrogens with two attached hydrogens (primary N) is 1. The average Bonchev–Trinajstić information content (AvgIpc) is 3.10. The van der Waals surface area contributed by atoms with E-state index >= 15 is 0 Å². The van der Waals surface area contributed by atoms with E-state index in [1.54, 1.807) is 11.3 Å². The number of hydrogen-bond acceptors (Lipinski definition) is 4. The van der Waals surface area contributed by atoms with E-state index in [0.29, 0.717) is 13.2 Å². The number of benzene rings is 2. The van der Waals surface area contributed by atoms with Gasteiger partial charge in [0.15, 0.2) is 0 Å². The minimum Gasteiger partial charge on any atom is -0.488 e. The van der Waals surface area contributed by atoms with Crippen molar-refractivity contribution in [2.24, 2.45) is 5.73 Å². The monoisotopic (exact) mass is 324 g/mol. The fraction of sp³-hybridized carbons (Fsp3) is 0.211. The molecule has 0 spiro atoms. The number of nitrogens with zero attached hydrogens (tertiary/aromatic N) is 1. The van der Waals surface area contributed by atoms with Gasteiger partial charge in [-0.3, -0.25) is 0 Å². The minimum absolute atomic E-state index is 0.471. The van der Waals surface area contributed by atoms with Crippen LogP contribution in [0, 0.1) is 0 Å². The molecule has 3 nitrogen and oxygen atoms in total. The molecule has 4 heteroatoms. The Hall–Kier alpha value is -2.17. The van der Waals surface area contributed by atoms with E-state index < -0.39 is 0 Å². The van der Waals surface area contributed by atoms with Crippen molar-refractivity contribution in [3.63, 3.8) is 0 Å². The van der Waals surface area contributed by atoms with Crippen molar-refractivity contribution in [2.45, 2.75) is 26.5 Å². The molecule has 0 unspecified atom stereocenters. The molecule has 23 heavy (non-hydrogen) atoms. The first-order valence-electron chi connectivity index (χ1n) is 7.74. The summed E-state index contributed by atoms with van der Waals surface area (Å²) in [4.78, 5) is 4.60. The summed E-state index contributed by atoms with van der Waals surface area (Å²) < 4.78 is 6.05. The predicted molar refractivity (Wildman–Crippen MR) is 95.6 cm³/mol. The zero-order valence-electron chi connectivity index (χ0n) is 13.2. The molecule has 2 N–H and O–H groups in total. The molecule has 3 aromatic rings. The maximum atomic E-state index is 6.05. The summed E-state index contributed by atoms with van der Waals surface area (Å²) in [5.41, 5.74) is 10.1. The third-order valence-corrected chi connectivity index (χ3v) is 4.56. The number of aromatic nitrogens is 1. The molecule has 0 amide bonds. The molecule has 0 fully saturated rings. The van der Waals surface area contributed by atoms with Crippen LogP contribution in [0.3, 0.4) is 0 Å². The van der Waals surface area contributed by atoms with Crippen LogP contribution in [0.25, 0.3) is 11.3 Å². The lowest BCUT2D eigenvalue weighted by atomic mass is 10.1. The molecule has 0 atom stereocenters. The van der Waals surface area contributed by atoms with E-state index in [1.165, 1.54) is 5.56 Å². The van der Waals surface area contributed by atoms with Crippen LogP contribution in [0.2, 0.25) is 0 Å². The zero-order valence-corrected chi connectivity index (χ0v) is 14.0. The summed E-state index contributed by atoms with van der Waals surface area (Å²) in [6, 6.07) is 16.5. The van der Waals surface area contributed by atoms with Gasteiger partial charge in [-0.15, -0.1) is 11.3 Å². The number of rotatable bonds is 6. The molecule has 0 aliphatic heterocycles. The van der Waals surface area contributed by atoms with E-state index in [0.717, 1.165) is 34.0 Å². The van der Waals surface area contributed by atoms with E-state index in [-0.39, 0.29) is 0 Å². The number of aryl methyl sites for hydroxylation is 1. The van der Waals surface area contributed by atoms with E-state index in [4.69, 9.17) is 10.5 Å². The Kier molecular flexibility index (Phi) is 5.05. The van der Waals surface area contributed by atoms with Crippen molar-refractivity contribution in [2.75, 3.05) is 0 Å². The molecule has 0 aliphatic rings. The van der Waals surface area contributed by atoms with Crippen LogP contribution in [0.4, 0.5) is 0 Å². The summed E-state index contributed by atoms with van der Waals surface area (Å²) in [7, 11) is 0. The highest BCUT2D eigenvalue weighted by Gasteiger charge is 2.11. The smallest absolute Gasteiger partial charge is 0.129 e. The number of thiazole rings is 1. The van der Waals surface area contributed by atoms with Crippen molar-refractivity contribution in [1.82, 2.24) is 4.98 Å². The lowest BCUT2D eigenvalue weighted by Crippen LogP contribution is -1.98. The highest BCUT2D eigenvalue weighted by molar-refractivity contribution is 7.09. The van der Waals surface area contributed by atoms with Gasteiger partial charge in [0.2, 0.25) is 0 Å². The van der Waals surface area contributed by atoms with Gasteiger partial charge in [-0.25, -0.2) is 4.98 Å². The fourth-order valence-electron chi connectivity index (χ4n) is 2.39. The van der Waals surface area contributed by atoms with Crippen molar-refractivity contribution in [3.8, 4) is 17.0 Å². The highest BCUT2D eigenvalue weighted by Crippen LogP contribution is 2.32. The molecule has 0 aliphatic carbocycles. The Bertz CT molecular complexity index is 768. The van der Waals surface area contributed by atoms with Gasteiger partial charge in [0, 0.05) is 17.5 Å². The summed E-state index contributed by atoms with van der Waals surface area (Å²) in [6.45, 7) is 3.17. The van der Waals surface area contributed by atoms with Gasteiger partial charge in [0.25, 0.3) is 0 Å². The van der Waals surface area contributed by atoms with Crippen LogP contribution in [-0.2, 0) is 19.6 Å². The molecule has 0 saturated heterocycles. The van der Waals surface area contributed by atoms with Crippen LogP contribution in [0.5, 0.6) is 5.75 Å². The van der Waals surface area contributed by atoms with Crippen LogP contribution in [-0.4, -0.2) is 4.98 Å². The van der Waals surface area contributed by atoms with Gasteiger partial charge in [0.05, 0.1) is 5.69 Å². The van der Waals surface area contributed by atoms with Crippen LogP contribution in [0.1, 0.15) is 23.1 Å². The minimum atomic E-state index is 0.471. The Morgan fingerprint density at radius 2 is 1.91 bits per heavy atom. The molecule has 1 aromatic heterocycles. The van der Waals surface area contributed by atoms with Gasteiger partial charge < -0.3 is 10.5 Å². The Morgan fingerprint density at radius 3 is 2.61 bits per heavy atom. The summed E-state index contributed by atoms with van der Waals surface area (Å²) in [6.07, 6.45) is 0.986. The third kappa shape index (κ3) is 3.78.